The Morgan fingerprint density at radius 1 is 1.10 bits per heavy atom. The van der Waals surface area contributed by atoms with E-state index in [1.807, 2.05) is 6.92 Å². The smallest absolute Gasteiger partial charge is 0.231 e. The van der Waals surface area contributed by atoms with Crippen LogP contribution in [0.25, 0.3) is 0 Å². The van der Waals surface area contributed by atoms with E-state index in [9.17, 15) is 0 Å². The molecule has 1 heterocycles. The van der Waals surface area contributed by atoms with Crippen LogP contribution >= 0.6 is 0 Å². The maximum atomic E-state index is 6.29. The first-order valence-corrected chi connectivity index (χ1v) is 8.40. The average Bonchev–Trinajstić information content (AvgIpc) is 2.74. The molecule has 6 atom stereocenters. The topological polar surface area (TPSA) is 18.5 Å². The fraction of sp³-hybridized carbons (Fsp3) is 0.895. The fourth-order valence-electron chi connectivity index (χ4n) is 5.88. The molecule has 21 heavy (non-hydrogen) atoms. The van der Waals surface area contributed by atoms with Crippen molar-refractivity contribution in [1.29, 1.82) is 0 Å². The third-order valence-electron chi connectivity index (χ3n) is 6.92. The quantitative estimate of drug-likeness (QED) is 0.616. The lowest BCUT2D eigenvalue weighted by molar-refractivity contribution is -0.144. The molecule has 3 aliphatic rings. The van der Waals surface area contributed by atoms with Gasteiger partial charge in [-0.05, 0) is 61.2 Å². The number of rotatable bonds is 0. The Balaban J connectivity index is 2.03. The van der Waals surface area contributed by atoms with Crippen LogP contribution in [0.2, 0.25) is 0 Å². The maximum absolute atomic E-state index is 6.29. The molecule has 0 aromatic rings. The van der Waals surface area contributed by atoms with Crippen molar-refractivity contribution in [3.8, 4) is 12.3 Å². The normalized spacial score (nSPS) is 55.4. The minimum absolute atomic E-state index is 0.105. The van der Waals surface area contributed by atoms with Crippen molar-refractivity contribution in [3.05, 3.63) is 0 Å². The van der Waals surface area contributed by atoms with Crippen molar-refractivity contribution in [1.82, 2.24) is 0 Å². The van der Waals surface area contributed by atoms with E-state index in [1.54, 1.807) is 0 Å². The van der Waals surface area contributed by atoms with E-state index in [0.29, 0.717) is 5.41 Å². The van der Waals surface area contributed by atoms with Crippen LogP contribution in [0.1, 0.15) is 67.2 Å². The van der Waals surface area contributed by atoms with E-state index in [4.69, 9.17) is 15.9 Å². The van der Waals surface area contributed by atoms with Gasteiger partial charge < -0.3 is 9.47 Å². The van der Waals surface area contributed by atoms with Gasteiger partial charge in [0.2, 0.25) is 5.79 Å². The molecule has 3 rings (SSSR count). The first-order valence-electron chi connectivity index (χ1n) is 8.40. The summed E-state index contributed by atoms with van der Waals surface area (Å²) in [6.45, 7) is 13.8. The highest BCUT2D eigenvalue weighted by molar-refractivity contribution is 5.14. The molecule has 2 saturated carbocycles. The molecule has 0 aromatic carbocycles. The molecule has 0 unspecified atom stereocenters. The Morgan fingerprint density at radius 3 is 2.38 bits per heavy atom. The minimum atomic E-state index is -0.861. The van der Waals surface area contributed by atoms with Crippen molar-refractivity contribution in [2.24, 2.45) is 22.7 Å². The number of hydrogen-bond acceptors (Lipinski definition) is 2. The van der Waals surface area contributed by atoms with Gasteiger partial charge in [0.25, 0.3) is 0 Å². The Hall–Kier alpha value is -0.520. The lowest BCUT2D eigenvalue weighted by atomic mass is 9.62. The van der Waals surface area contributed by atoms with Crippen molar-refractivity contribution in [3.63, 3.8) is 0 Å². The summed E-state index contributed by atoms with van der Waals surface area (Å²) in [5, 5.41) is 0. The summed E-state index contributed by atoms with van der Waals surface area (Å²) < 4.78 is 12.5. The minimum Gasteiger partial charge on any atom is -0.333 e. The van der Waals surface area contributed by atoms with Crippen molar-refractivity contribution < 1.29 is 9.47 Å². The van der Waals surface area contributed by atoms with Gasteiger partial charge in [0.05, 0.1) is 11.7 Å². The molecule has 0 radical (unpaired) electrons. The van der Waals surface area contributed by atoms with Crippen LogP contribution in [0.4, 0.5) is 0 Å². The molecular formula is C19H30O2. The molecular weight excluding hydrogens is 260 g/mol. The highest BCUT2D eigenvalue weighted by Crippen LogP contribution is 2.64. The van der Waals surface area contributed by atoms with Crippen LogP contribution in [0, 0.1) is 35.0 Å². The van der Waals surface area contributed by atoms with Gasteiger partial charge in [-0.15, -0.1) is 6.42 Å². The molecule has 0 spiro atoms. The predicted octanol–water partition coefficient (Wildman–Crippen LogP) is 4.38. The highest BCUT2D eigenvalue weighted by atomic mass is 16.8. The first-order chi connectivity index (χ1) is 9.55. The third kappa shape index (κ3) is 2.08. The van der Waals surface area contributed by atoms with Crippen LogP contribution in [0.5, 0.6) is 0 Å². The Labute approximate surface area is 130 Å². The lowest BCUT2D eigenvalue weighted by Gasteiger charge is -2.43. The van der Waals surface area contributed by atoms with Crippen molar-refractivity contribution in [2.45, 2.75) is 84.7 Å². The monoisotopic (exact) mass is 290 g/mol. The zero-order chi connectivity index (χ0) is 15.7. The summed E-state index contributed by atoms with van der Waals surface area (Å²) in [5.74, 6) is 3.33. The molecule has 2 heteroatoms. The van der Waals surface area contributed by atoms with Crippen molar-refractivity contribution in [2.75, 3.05) is 0 Å². The average molecular weight is 290 g/mol. The van der Waals surface area contributed by atoms with Gasteiger partial charge in [0.1, 0.15) is 0 Å². The number of fused-ring (bicyclic) bond motifs is 2. The van der Waals surface area contributed by atoms with E-state index in [0.717, 1.165) is 24.7 Å². The number of hydrogen-bond donors (Lipinski definition) is 0. The van der Waals surface area contributed by atoms with Gasteiger partial charge in [-0.3, -0.25) is 0 Å². The van der Waals surface area contributed by atoms with E-state index in [-0.39, 0.29) is 17.1 Å². The molecule has 0 bridgehead atoms. The summed E-state index contributed by atoms with van der Waals surface area (Å²) >= 11 is 0. The van der Waals surface area contributed by atoms with Crippen LogP contribution in [0.15, 0.2) is 0 Å². The second kappa shape index (κ2) is 4.27. The van der Waals surface area contributed by atoms with Crippen LogP contribution < -0.4 is 0 Å². The van der Waals surface area contributed by atoms with Gasteiger partial charge in [-0.25, -0.2) is 0 Å². The van der Waals surface area contributed by atoms with Gasteiger partial charge in [-0.1, -0.05) is 27.7 Å². The summed E-state index contributed by atoms with van der Waals surface area (Å²) in [7, 11) is 0. The van der Waals surface area contributed by atoms with Crippen LogP contribution in [-0.4, -0.2) is 17.5 Å². The van der Waals surface area contributed by atoms with Crippen LogP contribution in [-0.2, 0) is 9.47 Å². The molecule has 2 nitrogen and oxygen atoms in total. The third-order valence-corrected chi connectivity index (χ3v) is 6.92. The summed E-state index contributed by atoms with van der Waals surface area (Å²) in [6.07, 6.45) is 10.5. The summed E-state index contributed by atoms with van der Waals surface area (Å²) in [5.41, 5.74) is 0.318. The zero-order valence-corrected chi connectivity index (χ0v) is 14.5. The molecule has 3 fully saturated rings. The van der Waals surface area contributed by atoms with Gasteiger partial charge >= 0.3 is 0 Å². The van der Waals surface area contributed by atoms with Gasteiger partial charge in [0.15, 0.2) is 0 Å². The van der Waals surface area contributed by atoms with Crippen molar-refractivity contribution >= 4 is 0 Å². The Morgan fingerprint density at radius 2 is 1.76 bits per heavy atom. The lowest BCUT2D eigenvalue weighted by Crippen LogP contribution is -2.40. The summed E-state index contributed by atoms with van der Waals surface area (Å²) in [6, 6.07) is 0. The molecule has 1 aliphatic heterocycles. The predicted molar refractivity (Wildman–Crippen MR) is 84.6 cm³/mol. The Bertz CT molecular complexity index is 490. The maximum Gasteiger partial charge on any atom is 0.231 e. The standard InChI is InChI=1S/C19H30O2/c1-8-19(7)20-15-11-17(5)13(2)9-10-14(17)16(3,4)12-18(15,6)21-19/h1,13-15H,9-12H2,2-7H3/t13-,14+,15+,17-,18-,19-/m1/s1. The SMILES string of the molecule is C#C[C@]1(C)O[C@H]2C[C@]3(C)[C@H](C)CC[C@H]3C(C)(C)C[C@@]2(C)O1. The molecule has 0 aromatic heterocycles. The van der Waals surface area contributed by atoms with E-state index in [1.165, 1.54) is 12.8 Å². The number of ether oxygens (including phenoxy) is 2. The van der Waals surface area contributed by atoms with Crippen LogP contribution in [0.3, 0.4) is 0 Å². The zero-order valence-electron chi connectivity index (χ0n) is 14.5. The number of terminal acetylenes is 1. The molecule has 0 N–H and O–H groups in total. The van der Waals surface area contributed by atoms with Gasteiger partial charge in [0, 0.05) is 6.92 Å². The largest absolute Gasteiger partial charge is 0.333 e. The molecule has 118 valence electrons. The fourth-order valence-corrected chi connectivity index (χ4v) is 5.88. The second-order valence-electron chi connectivity index (χ2n) is 9.02. The molecule has 0 amide bonds. The van der Waals surface area contributed by atoms with E-state index in [2.05, 4.69) is 40.5 Å². The molecule has 2 aliphatic carbocycles. The van der Waals surface area contributed by atoms with Gasteiger partial charge in [-0.2, -0.15) is 0 Å². The van der Waals surface area contributed by atoms with E-state index >= 15 is 0 Å². The Kier molecular flexibility index (Phi) is 3.13. The first kappa shape index (κ1) is 15.4. The molecule has 1 saturated heterocycles. The van der Waals surface area contributed by atoms with E-state index < -0.39 is 5.79 Å². The second-order valence-corrected chi connectivity index (χ2v) is 9.02. The highest BCUT2D eigenvalue weighted by Gasteiger charge is 2.63. The summed E-state index contributed by atoms with van der Waals surface area (Å²) in [4.78, 5) is 0.